The van der Waals surface area contributed by atoms with Gasteiger partial charge in [0.05, 0.1) is 5.69 Å². The molecule has 0 atom stereocenters. The second kappa shape index (κ2) is 9.56. The molecule has 36 heavy (non-hydrogen) atoms. The number of nitrogens with one attached hydrogen (secondary N) is 1. The Balaban J connectivity index is 1.74. The van der Waals surface area contributed by atoms with E-state index in [1.807, 2.05) is 24.3 Å². The van der Waals surface area contributed by atoms with E-state index in [1.54, 1.807) is 72.8 Å². The van der Waals surface area contributed by atoms with E-state index in [0.717, 1.165) is 10.8 Å². The number of fused-ring (bicyclic) bond motifs is 2. The lowest BCUT2D eigenvalue weighted by molar-refractivity contribution is 0.472. The van der Waals surface area contributed by atoms with Crippen molar-refractivity contribution in [1.82, 2.24) is 4.98 Å². The number of hydrogen-bond acceptors (Lipinski definition) is 5. The molecule has 1 aromatic heterocycles. The van der Waals surface area contributed by atoms with Crippen LogP contribution in [0.1, 0.15) is 0 Å². The van der Waals surface area contributed by atoms with Gasteiger partial charge in [-0.3, -0.25) is 9.71 Å². The van der Waals surface area contributed by atoms with Gasteiger partial charge in [-0.1, -0.05) is 78.9 Å². The Morgan fingerprint density at radius 3 is 2.19 bits per heavy atom. The first-order chi connectivity index (χ1) is 17.5. The van der Waals surface area contributed by atoms with Gasteiger partial charge in [-0.15, -0.1) is 0 Å². The highest BCUT2D eigenvalue weighted by atomic mass is 32.2. The summed E-state index contributed by atoms with van der Waals surface area (Å²) < 4.78 is 29.5. The summed E-state index contributed by atoms with van der Waals surface area (Å²) in [5.41, 5.74) is 0.981. The summed E-state index contributed by atoms with van der Waals surface area (Å²) in [6.45, 7) is 0. The number of benzene rings is 4. The standard InChI is InChI=1S/C29H22N2O4S/c32-27-16-15-20-10-5-6-12-22(20)28(27)25-18-26(23-13-7-8-14-24(23)29(25)33)31-36(34,35)21-11-4-2-1-3-9-17-30-19-21/h1-19,31-33H. The summed E-state index contributed by atoms with van der Waals surface area (Å²) in [5.74, 6) is -0.0835. The number of phenolic OH excluding ortho intramolecular Hbond substituents is 2. The molecule has 0 radical (unpaired) electrons. The molecule has 4 aromatic carbocycles. The van der Waals surface area contributed by atoms with Crippen LogP contribution in [-0.4, -0.2) is 23.6 Å². The molecule has 3 N–H and O–H groups in total. The fraction of sp³-hybridized carbons (Fsp3) is 0. The van der Waals surface area contributed by atoms with E-state index in [9.17, 15) is 18.6 Å². The van der Waals surface area contributed by atoms with E-state index in [4.69, 9.17) is 0 Å². The van der Waals surface area contributed by atoms with Crippen LogP contribution in [-0.2, 0) is 10.0 Å². The van der Waals surface area contributed by atoms with Crippen LogP contribution < -0.4 is 4.72 Å². The molecule has 0 spiro atoms. The SMILES string of the molecule is O=S(=O)(Nc1cc(-c2c(O)ccc3ccccc23)c(O)c2ccccc12)c1cccccccnc1. The van der Waals surface area contributed by atoms with Gasteiger partial charge in [0.15, 0.2) is 0 Å². The maximum absolute atomic E-state index is 13.4. The van der Waals surface area contributed by atoms with Gasteiger partial charge in [0, 0.05) is 34.3 Å². The van der Waals surface area contributed by atoms with E-state index in [-0.39, 0.29) is 22.1 Å². The number of nitrogens with zero attached hydrogens (tertiary/aromatic N) is 1. The van der Waals surface area contributed by atoms with E-state index >= 15 is 0 Å². The molecule has 5 aromatic rings. The second-order valence-electron chi connectivity index (χ2n) is 8.11. The number of aromatic hydroxyl groups is 2. The fourth-order valence-electron chi connectivity index (χ4n) is 4.14. The Morgan fingerprint density at radius 2 is 1.36 bits per heavy atom. The van der Waals surface area contributed by atoms with E-state index in [1.165, 1.54) is 18.5 Å². The number of aromatic nitrogens is 1. The van der Waals surface area contributed by atoms with Crippen LogP contribution in [0.25, 0.3) is 32.7 Å². The molecule has 0 bridgehead atoms. The first-order valence-corrected chi connectivity index (χ1v) is 12.7. The fourth-order valence-corrected chi connectivity index (χ4v) is 5.18. The largest absolute Gasteiger partial charge is 0.507 e. The van der Waals surface area contributed by atoms with Crippen molar-refractivity contribution in [2.45, 2.75) is 4.90 Å². The van der Waals surface area contributed by atoms with Crippen molar-refractivity contribution in [2.75, 3.05) is 4.72 Å². The Labute approximate surface area is 208 Å². The molecule has 178 valence electrons. The summed E-state index contributed by atoms with van der Waals surface area (Å²) in [4.78, 5) is 4.02. The van der Waals surface area contributed by atoms with Crippen LogP contribution in [0.15, 0.2) is 120 Å². The summed E-state index contributed by atoms with van der Waals surface area (Å²) in [6.07, 6.45) is 2.76. The molecule has 5 rings (SSSR count). The topological polar surface area (TPSA) is 99.5 Å². The smallest absolute Gasteiger partial charge is 0.263 e. The Kier molecular flexibility index (Phi) is 6.14. The third-order valence-corrected chi connectivity index (χ3v) is 7.18. The monoisotopic (exact) mass is 494 g/mol. The Morgan fingerprint density at radius 1 is 0.694 bits per heavy atom. The summed E-state index contributed by atoms with van der Waals surface area (Å²) in [6, 6.07) is 29.4. The van der Waals surface area contributed by atoms with Crippen LogP contribution in [0, 0.1) is 0 Å². The van der Waals surface area contributed by atoms with Gasteiger partial charge >= 0.3 is 0 Å². The third-order valence-electron chi connectivity index (χ3n) is 5.83. The van der Waals surface area contributed by atoms with Gasteiger partial charge in [0.1, 0.15) is 16.4 Å². The van der Waals surface area contributed by atoms with Crippen molar-refractivity contribution in [2.24, 2.45) is 0 Å². The Bertz CT molecular complexity index is 1740. The summed E-state index contributed by atoms with van der Waals surface area (Å²) in [7, 11) is -4.05. The quantitative estimate of drug-likeness (QED) is 0.251. The van der Waals surface area contributed by atoms with Crippen molar-refractivity contribution in [3.05, 3.63) is 116 Å². The van der Waals surface area contributed by atoms with Crippen molar-refractivity contribution in [1.29, 1.82) is 0 Å². The van der Waals surface area contributed by atoms with Crippen LogP contribution in [0.3, 0.4) is 0 Å². The van der Waals surface area contributed by atoms with Crippen molar-refractivity contribution in [3.8, 4) is 22.6 Å². The van der Waals surface area contributed by atoms with Crippen LogP contribution in [0.4, 0.5) is 5.69 Å². The molecule has 0 fully saturated rings. The average molecular weight is 495 g/mol. The zero-order valence-electron chi connectivity index (χ0n) is 19.0. The van der Waals surface area contributed by atoms with Gasteiger partial charge in [0.25, 0.3) is 10.0 Å². The molecule has 7 heteroatoms. The van der Waals surface area contributed by atoms with Gasteiger partial charge in [-0.25, -0.2) is 8.42 Å². The molecule has 0 aliphatic rings. The van der Waals surface area contributed by atoms with Crippen molar-refractivity contribution < 1.29 is 18.6 Å². The minimum Gasteiger partial charge on any atom is -0.507 e. The molecule has 0 unspecified atom stereocenters. The van der Waals surface area contributed by atoms with E-state index in [2.05, 4.69) is 9.71 Å². The second-order valence-corrected chi connectivity index (χ2v) is 9.79. The molecule has 0 aliphatic carbocycles. The van der Waals surface area contributed by atoms with E-state index < -0.39 is 10.0 Å². The van der Waals surface area contributed by atoms with Gasteiger partial charge in [0.2, 0.25) is 0 Å². The number of sulfonamides is 1. The highest BCUT2D eigenvalue weighted by Crippen LogP contribution is 2.46. The number of rotatable bonds is 4. The molecular formula is C29H22N2O4S. The Hall–Kier alpha value is -4.62. The van der Waals surface area contributed by atoms with Crippen LogP contribution in [0.2, 0.25) is 0 Å². The predicted molar refractivity (Wildman–Crippen MR) is 143 cm³/mol. The van der Waals surface area contributed by atoms with Crippen molar-refractivity contribution >= 4 is 37.3 Å². The molecule has 6 nitrogen and oxygen atoms in total. The lowest BCUT2D eigenvalue weighted by atomic mass is 9.93. The highest BCUT2D eigenvalue weighted by Gasteiger charge is 2.21. The first-order valence-electron chi connectivity index (χ1n) is 11.2. The molecular weight excluding hydrogens is 472 g/mol. The number of anilines is 1. The predicted octanol–water partition coefficient (Wildman–Crippen LogP) is 6.39. The minimum absolute atomic E-state index is 0.0276. The first kappa shape index (κ1) is 23.1. The summed E-state index contributed by atoms with van der Waals surface area (Å²) in [5, 5.41) is 24.6. The third kappa shape index (κ3) is 4.39. The number of phenols is 2. The molecule has 0 saturated carbocycles. The zero-order chi connectivity index (χ0) is 25.1. The molecule has 0 amide bonds. The molecule has 0 aliphatic heterocycles. The molecule has 1 heterocycles. The average Bonchev–Trinajstić information content (AvgIpc) is 2.89. The van der Waals surface area contributed by atoms with Gasteiger partial charge in [-0.2, -0.15) is 0 Å². The lowest BCUT2D eigenvalue weighted by Crippen LogP contribution is -2.13. The van der Waals surface area contributed by atoms with Crippen LogP contribution >= 0.6 is 0 Å². The van der Waals surface area contributed by atoms with Crippen LogP contribution in [0.5, 0.6) is 11.5 Å². The maximum Gasteiger partial charge on any atom is 0.263 e. The summed E-state index contributed by atoms with van der Waals surface area (Å²) >= 11 is 0. The van der Waals surface area contributed by atoms with Gasteiger partial charge in [-0.05, 0) is 35.0 Å². The minimum atomic E-state index is -4.05. The normalized spacial score (nSPS) is 11.2. The van der Waals surface area contributed by atoms with E-state index in [0.29, 0.717) is 21.9 Å². The lowest BCUT2D eigenvalue weighted by Gasteiger charge is -2.17. The molecule has 0 saturated heterocycles. The highest BCUT2D eigenvalue weighted by molar-refractivity contribution is 7.92. The zero-order valence-corrected chi connectivity index (χ0v) is 19.9. The van der Waals surface area contributed by atoms with Gasteiger partial charge < -0.3 is 10.2 Å². The maximum atomic E-state index is 13.4. The van der Waals surface area contributed by atoms with Crippen molar-refractivity contribution in [3.63, 3.8) is 0 Å². The number of hydrogen-bond donors (Lipinski definition) is 3.